The van der Waals surface area contributed by atoms with E-state index in [0.717, 1.165) is 12.8 Å². The van der Waals surface area contributed by atoms with Gasteiger partial charge in [-0.2, -0.15) is 0 Å². The molecule has 0 radical (unpaired) electrons. The van der Waals surface area contributed by atoms with E-state index in [2.05, 4.69) is 0 Å². The average molecular weight is 243 g/mol. The van der Waals surface area contributed by atoms with Gasteiger partial charge in [-0.25, -0.2) is 0 Å². The van der Waals surface area contributed by atoms with Crippen molar-refractivity contribution in [2.75, 3.05) is 13.2 Å². The standard InChI is InChI=1S/C12H21NO4/c1-9(2)13(7-3-6-11(14)15)12(16)10-5-4-8-17-10/h9-10H,3-8H2,1-2H3,(H,14,15)/t10-/m1/s1. The van der Waals surface area contributed by atoms with Crippen molar-refractivity contribution in [3.63, 3.8) is 0 Å². The fourth-order valence-corrected chi connectivity index (χ4v) is 1.98. The number of ether oxygens (including phenoxy) is 1. The first-order valence-corrected chi connectivity index (χ1v) is 6.16. The van der Waals surface area contributed by atoms with Crippen molar-refractivity contribution < 1.29 is 19.4 Å². The summed E-state index contributed by atoms with van der Waals surface area (Å²) in [5, 5.41) is 8.59. The van der Waals surface area contributed by atoms with Crippen LogP contribution in [0.25, 0.3) is 0 Å². The van der Waals surface area contributed by atoms with Crippen LogP contribution in [0.4, 0.5) is 0 Å². The van der Waals surface area contributed by atoms with Crippen LogP contribution in [-0.4, -0.2) is 47.2 Å². The Hall–Kier alpha value is -1.10. The summed E-state index contributed by atoms with van der Waals surface area (Å²) in [6, 6.07) is 0.0838. The molecule has 1 saturated heterocycles. The molecule has 0 aliphatic carbocycles. The average Bonchev–Trinajstić information content (AvgIpc) is 2.75. The first kappa shape index (κ1) is 14.0. The molecule has 98 valence electrons. The van der Waals surface area contributed by atoms with Crippen LogP contribution < -0.4 is 0 Å². The molecule has 0 unspecified atom stereocenters. The van der Waals surface area contributed by atoms with E-state index in [9.17, 15) is 9.59 Å². The second-order valence-corrected chi connectivity index (χ2v) is 4.62. The maximum atomic E-state index is 12.1. The molecule has 5 heteroatoms. The Morgan fingerprint density at radius 3 is 2.65 bits per heavy atom. The maximum absolute atomic E-state index is 12.1. The van der Waals surface area contributed by atoms with Gasteiger partial charge in [-0.15, -0.1) is 0 Å². The Bertz CT molecular complexity index is 272. The lowest BCUT2D eigenvalue weighted by Gasteiger charge is -2.28. The molecule has 0 bridgehead atoms. The lowest BCUT2D eigenvalue weighted by Crippen LogP contribution is -2.43. The van der Waals surface area contributed by atoms with Crippen molar-refractivity contribution in [2.45, 2.75) is 51.7 Å². The minimum absolute atomic E-state index is 0.00267. The van der Waals surface area contributed by atoms with Gasteiger partial charge in [-0.05, 0) is 33.1 Å². The number of aliphatic carboxylic acids is 1. The van der Waals surface area contributed by atoms with E-state index in [-0.39, 0.29) is 24.5 Å². The Balaban J connectivity index is 2.46. The van der Waals surface area contributed by atoms with Crippen LogP contribution in [0.5, 0.6) is 0 Å². The quantitative estimate of drug-likeness (QED) is 0.762. The second-order valence-electron chi connectivity index (χ2n) is 4.62. The van der Waals surface area contributed by atoms with E-state index in [1.54, 1.807) is 4.90 Å². The number of hydrogen-bond donors (Lipinski definition) is 1. The van der Waals surface area contributed by atoms with Crippen molar-refractivity contribution in [1.29, 1.82) is 0 Å². The summed E-state index contributed by atoms with van der Waals surface area (Å²) in [6.07, 6.45) is 1.98. The molecule has 0 aromatic rings. The number of carboxylic acid groups (broad SMARTS) is 1. The third-order valence-corrected chi connectivity index (χ3v) is 2.90. The SMILES string of the molecule is CC(C)N(CCCC(=O)O)C(=O)[C@H]1CCCO1. The smallest absolute Gasteiger partial charge is 0.303 e. The number of carbonyl (C=O) groups excluding carboxylic acids is 1. The van der Waals surface area contributed by atoms with Crippen molar-refractivity contribution in [2.24, 2.45) is 0 Å². The monoisotopic (exact) mass is 243 g/mol. The highest BCUT2D eigenvalue weighted by molar-refractivity contribution is 5.81. The van der Waals surface area contributed by atoms with Gasteiger partial charge in [-0.1, -0.05) is 0 Å². The van der Waals surface area contributed by atoms with Gasteiger partial charge in [0, 0.05) is 25.6 Å². The predicted octanol–water partition coefficient (Wildman–Crippen LogP) is 1.27. The van der Waals surface area contributed by atoms with E-state index in [0.29, 0.717) is 19.6 Å². The third-order valence-electron chi connectivity index (χ3n) is 2.90. The number of hydrogen-bond acceptors (Lipinski definition) is 3. The molecule has 0 aromatic heterocycles. The minimum Gasteiger partial charge on any atom is -0.481 e. The van der Waals surface area contributed by atoms with Crippen LogP contribution in [0, 0.1) is 0 Å². The summed E-state index contributed by atoms with van der Waals surface area (Å²) in [6.45, 7) is 5.02. The molecule has 17 heavy (non-hydrogen) atoms. The largest absolute Gasteiger partial charge is 0.481 e. The molecule has 1 fully saturated rings. The zero-order valence-electron chi connectivity index (χ0n) is 10.5. The van der Waals surface area contributed by atoms with Gasteiger partial charge in [-0.3, -0.25) is 9.59 Å². The van der Waals surface area contributed by atoms with Crippen molar-refractivity contribution in [3.8, 4) is 0 Å². The zero-order chi connectivity index (χ0) is 12.8. The van der Waals surface area contributed by atoms with Gasteiger partial charge in [0.05, 0.1) is 0 Å². The van der Waals surface area contributed by atoms with E-state index in [4.69, 9.17) is 9.84 Å². The molecule has 0 saturated carbocycles. The molecule has 1 aliphatic rings. The number of rotatable bonds is 6. The van der Waals surface area contributed by atoms with Crippen LogP contribution >= 0.6 is 0 Å². The summed E-state index contributed by atoms with van der Waals surface area (Å²) in [7, 11) is 0. The Morgan fingerprint density at radius 2 is 2.18 bits per heavy atom. The predicted molar refractivity (Wildman–Crippen MR) is 62.7 cm³/mol. The minimum atomic E-state index is -0.821. The topological polar surface area (TPSA) is 66.8 Å². The number of nitrogens with zero attached hydrogens (tertiary/aromatic N) is 1. The van der Waals surface area contributed by atoms with Gasteiger partial charge in [0.25, 0.3) is 5.91 Å². The summed E-state index contributed by atoms with van der Waals surface area (Å²) in [5.41, 5.74) is 0. The van der Waals surface area contributed by atoms with Crippen LogP contribution in [0.15, 0.2) is 0 Å². The molecule has 1 aliphatic heterocycles. The van der Waals surface area contributed by atoms with Crippen LogP contribution in [0.1, 0.15) is 39.5 Å². The van der Waals surface area contributed by atoms with E-state index >= 15 is 0 Å². The van der Waals surface area contributed by atoms with Gasteiger partial charge in [0.1, 0.15) is 6.10 Å². The van der Waals surface area contributed by atoms with E-state index in [1.165, 1.54) is 0 Å². The van der Waals surface area contributed by atoms with E-state index < -0.39 is 5.97 Å². The van der Waals surface area contributed by atoms with Crippen molar-refractivity contribution in [3.05, 3.63) is 0 Å². The fraction of sp³-hybridized carbons (Fsp3) is 0.833. The first-order chi connectivity index (χ1) is 8.02. The molecule has 1 atom stereocenters. The fourth-order valence-electron chi connectivity index (χ4n) is 1.98. The number of amides is 1. The maximum Gasteiger partial charge on any atom is 0.303 e. The zero-order valence-corrected chi connectivity index (χ0v) is 10.5. The van der Waals surface area contributed by atoms with Crippen molar-refractivity contribution in [1.82, 2.24) is 4.90 Å². The Kier molecular flexibility index (Phi) is 5.41. The molecular weight excluding hydrogens is 222 g/mol. The molecule has 0 aromatic carbocycles. The van der Waals surface area contributed by atoms with Gasteiger partial charge < -0.3 is 14.7 Å². The molecule has 1 amide bonds. The second kappa shape index (κ2) is 6.59. The molecular formula is C12H21NO4. The highest BCUT2D eigenvalue weighted by Gasteiger charge is 2.29. The Labute approximate surface area is 102 Å². The normalized spacial score (nSPS) is 19.6. The van der Waals surface area contributed by atoms with E-state index in [1.807, 2.05) is 13.8 Å². The lowest BCUT2D eigenvalue weighted by atomic mass is 10.1. The van der Waals surface area contributed by atoms with Gasteiger partial charge in [0.2, 0.25) is 0 Å². The number of carboxylic acids is 1. The first-order valence-electron chi connectivity index (χ1n) is 6.16. The Morgan fingerprint density at radius 1 is 1.47 bits per heavy atom. The van der Waals surface area contributed by atoms with Crippen molar-refractivity contribution >= 4 is 11.9 Å². The third kappa shape index (κ3) is 4.34. The lowest BCUT2D eigenvalue weighted by molar-refractivity contribution is -0.144. The van der Waals surface area contributed by atoms with Gasteiger partial charge >= 0.3 is 5.97 Å². The summed E-state index contributed by atoms with van der Waals surface area (Å²) in [5.74, 6) is -0.818. The molecule has 1 heterocycles. The number of carbonyl (C=O) groups is 2. The highest BCUT2D eigenvalue weighted by Crippen LogP contribution is 2.16. The summed E-state index contributed by atoms with van der Waals surface area (Å²) in [4.78, 5) is 24.3. The molecule has 1 N–H and O–H groups in total. The highest BCUT2D eigenvalue weighted by atomic mass is 16.5. The van der Waals surface area contributed by atoms with Crippen LogP contribution in [0.3, 0.4) is 0 Å². The molecule has 1 rings (SSSR count). The van der Waals surface area contributed by atoms with Gasteiger partial charge in [0.15, 0.2) is 0 Å². The summed E-state index contributed by atoms with van der Waals surface area (Å²) >= 11 is 0. The molecule has 5 nitrogen and oxygen atoms in total. The molecule has 0 spiro atoms. The van der Waals surface area contributed by atoms with Crippen LogP contribution in [-0.2, 0) is 14.3 Å². The van der Waals surface area contributed by atoms with Crippen LogP contribution in [0.2, 0.25) is 0 Å². The summed E-state index contributed by atoms with van der Waals surface area (Å²) < 4.78 is 5.37.